The van der Waals surface area contributed by atoms with Crippen LogP contribution in [0.25, 0.3) is 0 Å². The van der Waals surface area contributed by atoms with Gasteiger partial charge in [-0.1, -0.05) is 24.3 Å². The number of rotatable bonds is 6. The van der Waals surface area contributed by atoms with Crippen LogP contribution in [0.15, 0.2) is 48.5 Å². The molecule has 2 N–H and O–H groups in total. The summed E-state index contributed by atoms with van der Waals surface area (Å²) in [5, 5.41) is 0. The molecule has 0 spiro atoms. The largest absolute Gasteiger partial charge is 0.492 e. The van der Waals surface area contributed by atoms with E-state index in [1.165, 1.54) is 11.3 Å². The predicted molar refractivity (Wildman–Crippen MR) is 85.4 cm³/mol. The van der Waals surface area contributed by atoms with Crippen LogP contribution in [0.3, 0.4) is 0 Å². The average molecular weight is 270 g/mol. The molecule has 0 aliphatic heterocycles. The number of likely N-dealkylation sites (N-methyl/N-ethyl adjacent to an activating group) is 1. The number of benzene rings is 2. The Morgan fingerprint density at radius 3 is 2.60 bits per heavy atom. The smallest absolute Gasteiger partial charge is 0.121 e. The van der Waals surface area contributed by atoms with E-state index in [2.05, 4.69) is 43.0 Å². The molecule has 0 atom stereocenters. The molecule has 20 heavy (non-hydrogen) atoms. The highest BCUT2D eigenvalue weighted by atomic mass is 16.5. The molecule has 3 heteroatoms. The molecule has 0 fully saturated rings. The summed E-state index contributed by atoms with van der Waals surface area (Å²) in [6, 6.07) is 16.0. The first-order valence-corrected chi connectivity index (χ1v) is 6.99. The van der Waals surface area contributed by atoms with E-state index >= 15 is 0 Å². The summed E-state index contributed by atoms with van der Waals surface area (Å²) in [4.78, 5) is 2.32. The Labute approximate surface area is 121 Å². The maximum Gasteiger partial charge on any atom is 0.121 e. The van der Waals surface area contributed by atoms with Gasteiger partial charge in [0.25, 0.3) is 0 Å². The molecule has 0 aromatic heterocycles. The van der Waals surface area contributed by atoms with Gasteiger partial charge in [0.1, 0.15) is 12.4 Å². The third kappa shape index (κ3) is 3.67. The van der Waals surface area contributed by atoms with E-state index in [9.17, 15) is 0 Å². The number of nitrogen functional groups attached to an aromatic ring is 1. The molecule has 0 heterocycles. The van der Waals surface area contributed by atoms with Gasteiger partial charge in [0.2, 0.25) is 0 Å². The van der Waals surface area contributed by atoms with Crippen LogP contribution in [0.5, 0.6) is 5.75 Å². The molecule has 2 aromatic carbocycles. The van der Waals surface area contributed by atoms with Gasteiger partial charge in [-0.3, -0.25) is 0 Å². The maximum absolute atomic E-state index is 5.76. The number of ether oxygens (including phenoxy) is 1. The van der Waals surface area contributed by atoms with E-state index in [-0.39, 0.29) is 0 Å². The highest BCUT2D eigenvalue weighted by Gasteiger charge is 2.06. The summed E-state index contributed by atoms with van der Waals surface area (Å²) in [5.41, 5.74) is 9.03. The summed E-state index contributed by atoms with van der Waals surface area (Å²) in [6.07, 6.45) is 0. The van der Waals surface area contributed by atoms with Crippen LogP contribution >= 0.6 is 0 Å². The van der Waals surface area contributed by atoms with E-state index in [1.807, 2.05) is 24.3 Å². The minimum absolute atomic E-state index is 0.644. The number of nitrogens with two attached hydrogens (primary N) is 1. The molecule has 0 radical (unpaired) electrons. The Kier molecular flexibility index (Phi) is 4.88. The van der Waals surface area contributed by atoms with Crippen molar-refractivity contribution in [1.82, 2.24) is 0 Å². The second-order valence-electron chi connectivity index (χ2n) is 4.79. The summed E-state index contributed by atoms with van der Waals surface area (Å²) in [5.74, 6) is 0.825. The Hall–Kier alpha value is -2.16. The zero-order chi connectivity index (χ0) is 14.4. The minimum Gasteiger partial charge on any atom is -0.492 e. The van der Waals surface area contributed by atoms with Crippen LogP contribution in [-0.2, 0) is 0 Å². The SMILES string of the molecule is CCN(CCOc1cccc(N)c1)c1ccccc1C. The monoisotopic (exact) mass is 270 g/mol. The molecule has 0 aliphatic rings. The van der Waals surface area contributed by atoms with Gasteiger partial charge in [-0.15, -0.1) is 0 Å². The van der Waals surface area contributed by atoms with Crippen molar-refractivity contribution < 1.29 is 4.74 Å². The molecule has 0 saturated carbocycles. The van der Waals surface area contributed by atoms with E-state index < -0.39 is 0 Å². The standard InChI is InChI=1S/C17H22N2O/c1-3-19(17-10-5-4-7-14(17)2)11-12-20-16-9-6-8-15(18)13-16/h4-10,13H,3,11-12,18H2,1-2H3. The molecule has 106 valence electrons. The zero-order valence-electron chi connectivity index (χ0n) is 12.2. The van der Waals surface area contributed by atoms with Crippen molar-refractivity contribution in [1.29, 1.82) is 0 Å². The summed E-state index contributed by atoms with van der Waals surface area (Å²) < 4.78 is 5.76. The topological polar surface area (TPSA) is 38.5 Å². The van der Waals surface area contributed by atoms with Gasteiger partial charge in [-0.2, -0.15) is 0 Å². The number of hydrogen-bond acceptors (Lipinski definition) is 3. The first-order chi connectivity index (χ1) is 9.70. The van der Waals surface area contributed by atoms with Crippen molar-refractivity contribution in [2.75, 3.05) is 30.3 Å². The first kappa shape index (κ1) is 14.3. The minimum atomic E-state index is 0.644. The lowest BCUT2D eigenvalue weighted by atomic mass is 10.2. The molecule has 3 nitrogen and oxygen atoms in total. The normalized spacial score (nSPS) is 10.3. The third-order valence-corrected chi connectivity index (χ3v) is 3.33. The number of nitrogens with zero attached hydrogens (tertiary/aromatic N) is 1. The molecule has 0 amide bonds. The third-order valence-electron chi connectivity index (χ3n) is 3.33. The number of hydrogen-bond donors (Lipinski definition) is 1. The fraction of sp³-hybridized carbons (Fsp3) is 0.294. The fourth-order valence-corrected chi connectivity index (χ4v) is 2.25. The number of aryl methyl sites for hydroxylation is 1. The molecular formula is C17H22N2O. The van der Waals surface area contributed by atoms with Crippen molar-refractivity contribution in [3.8, 4) is 5.75 Å². The quantitative estimate of drug-likeness (QED) is 0.817. The number of para-hydroxylation sites is 1. The molecule has 2 rings (SSSR count). The lowest BCUT2D eigenvalue weighted by Crippen LogP contribution is -2.28. The van der Waals surface area contributed by atoms with Crippen LogP contribution in [0, 0.1) is 6.92 Å². The molecule has 0 aliphatic carbocycles. The van der Waals surface area contributed by atoms with Gasteiger partial charge in [0.05, 0.1) is 6.54 Å². The van der Waals surface area contributed by atoms with Crippen molar-refractivity contribution in [3.63, 3.8) is 0 Å². The summed E-state index contributed by atoms with van der Waals surface area (Å²) in [7, 11) is 0. The maximum atomic E-state index is 5.76. The average Bonchev–Trinajstić information content (AvgIpc) is 2.45. The lowest BCUT2D eigenvalue weighted by Gasteiger charge is -2.24. The Balaban J connectivity index is 1.93. The second-order valence-corrected chi connectivity index (χ2v) is 4.79. The molecule has 0 saturated heterocycles. The van der Waals surface area contributed by atoms with Crippen LogP contribution in [-0.4, -0.2) is 19.7 Å². The fourth-order valence-electron chi connectivity index (χ4n) is 2.25. The van der Waals surface area contributed by atoms with Gasteiger partial charge in [-0.25, -0.2) is 0 Å². The van der Waals surface area contributed by atoms with Gasteiger partial charge in [-0.05, 0) is 37.6 Å². The summed E-state index contributed by atoms with van der Waals surface area (Å²) in [6.45, 7) is 6.76. The van der Waals surface area contributed by atoms with E-state index in [0.717, 1.165) is 24.5 Å². The molecular weight excluding hydrogens is 248 g/mol. The number of anilines is 2. The van der Waals surface area contributed by atoms with Gasteiger partial charge in [0, 0.05) is 24.0 Å². The highest BCUT2D eigenvalue weighted by Crippen LogP contribution is 2.19. The van der Waals surface area contributed by atoms with Crippen LogP contribution < -0.4 is 15.4 Å². The van der Waals surface area contributed by atoms with Crippen LogP contribution in [0.4, 0.5) is 11.4 Å². The zero-order valence-corrected chi connectivity index (χ0v) is 12.2. The van der Waals surface area contributed by atoms with E-state index in [1.54, 1.807) is 0 Å². The van der Waals surface area contributed by atoms with E-state index in [0.29, 0.717) is 6.61 Å². The van der Waals surface area contributed by atoms with Crippen molar-refractivity contribution in [2.45, 2.75) is 13.8 Å². The Bertz CT molecular complexity index is 554. The Morgan fingerprint density at radius 1 is 1.10 bits per heavy atom. The lowest BCUT2D eigenvalue weighted by molar-refractivity contribution is 0.324. The van der Waals surface area contributed by atoms with Crippen LogP contribution in [0.2, 0.25) is 0 Å². The van der Waals surface area contributed by atoms with Gasteiger partial charge >= 0.3 is 0 Å². The molecule has 2 aromatic rings. The first-order valence-electron chi connectivity index (χ1n) is 6.99. The highest BCUT2D eigenvalue weighted by molar-refractivity contribution is 5.52. The Morgan fingerprint density at radius 2 is 1.90 bits per heavy atom. The predicted octanol–water partition coefficient (Wildman–Crippen LogP) is 3.48. The second kappa shape index (κ2) is 6.85. The van der Waals surface area contributed by atoms with Gasteiger partial charge in [0.15, 0.2) is 0 Å². The van der Waals surface area contributed by atoms with Crippen molar-refractivity contribution in [2.24, 2.45) is 0 Å². The van der Waals surface area contributed by atoms with Crippen molar-refractivity contribution in [3.05, 3.63) is 54.1 Å². The van der Waals surface area contributed by atoms with Crippen molar-refractivity contribution >= 4 is 11.4 Å². The molecule has 0 bridgehead atoms. The van der Waals surface area contributed by atoms with E-state index in [4.69, 9.17) is 10.5 Å². The van der Waals surface area contributed by atoms with Gasteiger partial charge < -0.3 is 15.4 Å². The molecule has 0 unspecified atom stereocenters. The van der Waals surface area contributed by atoms with Crippen LogP contribution in [0.1, 0.15) is 12.5 Å². The summed E-state index contributed by atoms with van der Waals surface area (Å²) >= 11 is 0.